The molecule has 13 heavy (non-hydrogen) atoms. The highest BCUT2D eigenvalue weighted by atomic mass is 16.5. The average molecular weight is 177 g/mol. The second kappa shape index (κ2) is 3.09. The minimum absolute atomic E-state index is 0.0511. The molecule has 2 aliphatic rings. The summed E-state index contributed by atoms with van der Waals surface area (Å²) in [5.74, 6) is 0.952. The molecule has 0 aromatic carbocycles. The summed E-state index contributed by atoms with van der Waals surface area (Å²) in [6, 6.07) is 0. The van der Waals surface area contributed by atoms with Gasteiger partial charge in [0.1, 0.15) is 5.76 Å². The molecule has 0 bridgehead atoms. The van der Waals surface area contributed by atoms with E-state index in [0.717, 1.165) is 5.76 Å². The van der Waals surface area contributed by atoms with Crippen molar-refractivity contribution in [3.05, 3.63) is 36.3 Å². The third-order valence-electron chi connectivity index (χ3n) is 2.32. The molecule has 68 valence electrons. The van der Waals surface area contributed by atoms with Crippen LogP contribution < -0.4 is 5.32 Å². The summed E-state index contributed by atoms with van der Waals surface area (Å²) in [7, 11) is 1.63. The summed E-state index contributed by atoms with van der Waals surface area (Å²) in [6.07, 6.45) is 9.32. The first-order valence-corrected chi connectivity index (χ1v) is 4.22. The van der Waals surface area contributed by atoms with E-state index < -0.39 is 0 Å². The molecule has 1 aliphatic heterocycles. The van der Waals surface area contributed by atoms with Crippen LogP contribution in [0.5, 0.6) is 0 Å². The van der Waals surface area contributed by atoms with Gasteiger partial charge in [-0.25, -0.2) is 0 Å². The molecule has 2 unspecified atom stereocenters. The minimum atomic E-state index is -0.0658. The number of nitrogens with one attached hydrogen (secondary N) is 1. The van der Waals surface area contributed by atoms with Crippen LogP contribution in [0.1, 0.15) is 0 Å². The highest BCUT2D eigenvalue weighted by Gasteiger charge is 2.27. The molecule has 2 rings (SSSR count). The second-order valence-electron chi connectivity index (χ2n) is 3.10. The molecule has 1 N–H and O–H groups in total. The van der Waals surface area contributed by atoms with Crippen molar-refractivity contribution in [3.63, 3.8) is 0 Å². The largest absolute Gasteiger partial charge is 0.497 e. The fraction of sp³-hybridized carbons (Fsp3) is 0.300. The molecule has 2 atom stereocenters. The van der Waals surface area contributed by atoms with Gasteiger partial charge in [-0.2, -0.15) is 0 Å². The van der Waals surface area contributed by atoms with E-state index in [1.54, 1.807) is 13.3 Å². The van der Waals surface area contributed by atoms with Gasteiger partial charge in [-0.1, -0.05) is 12.2 Å². The predicted molar refractivity (Wildman–Crippen MR) is 48.5 cm³/mol. The first kappa shape index (κ1) is 8.10. The van der Waals surface area contributed by atoms with E-state index in [1.807, 2.05) is 24.3 Å². The number of amides is 1. The number of hydrogen-bond donors (Lipinski definition) is 1. The van der Waals surface area contributed by atoms with Crippen molar-refractivity contribution in [1.82, 2.24) is 5.32 Å². The monoisotopic (exact) mass is 177 g/mol. The van der Waals surface area contributed by atoms with E-state index >= 15 is 0 Å². The zero-order valence-corrected chi connectivity index (χ0v) is 7.36. The zero-order chi connectivity index (χ0) is 9.26. The lowest BCUT2D eigenvalue weighted by Crippen LogP contribution is -2.34. The van der Waals surface area contributed by atoms with Crippen LogP contribution in [0.15, 0.2) is 36.3 Å². The van der Waals surface area contributed by atoms with Crippen LogP contribution in [-0.2, 0) is 9.53 Å². The minimum Gasteiger partial charge on any atom is -0.497 e. The molecule has 0 radical (unpaired) electrons. The van der Waals surface area contributed by atoms with Crippen LogP contribution in [0.25, 0.3) is 0 Å². The first-order valence-electron chi connectivity index (χ1n) is 4.22. The molecule has 0 aromatic heterocycles. The van der Waals surface area contributed by atoms with Crippen molar-refractivity contribution in [2.45, 2.75) is 0 Å². The van der Waals surface area contributed by atoms with Crippen LogP contribution in [0, 0.1) is 11.8 Å². The Kier molecular flexibility index (Phi) is 1.93. The number of carbonyl (C=O) groups excluding carboxylic acids is 1. The van der Waals surface area contributed by atoms with Crippen LogP contribution in [0.2, 0.25) is 0 Å². The fourth-order valence-corrected chi connectivity index (χ4v) is 1.59. The lowest BCUT2D eigenvalue weighted by atomic mass is 9.85. The van der Waals surface area contributed by atoms with Gasteiger partial charge in [0, 0.05) is 12.1 Å². The number of carbonyl (C=O) groups is 1. The fourth-order valence-electron chi connectivity index (χ4n) is 1.59. The third-order valence-corrected chi connectivity index (χ3v) is 2.32. The predicted octanol–water partition coefficient (Wildman–Crippen LogP) is 0.962. The molecule has 1 heterocycles. The number of allylic oxidation sites excluding steroid dienone is 3. The van der Waals surface area contributed by atoms with Crippen LogP contribution in [0.3, 0.4) is 0 Å². The number of methoxy groups -OCH3 is 1. The Morgan fingerprint density at radius 1 is 1.46 bits per heavy atom. The molecule has 1 aliphatic carbocycles. The van der Waals surface area contributed by atoms with Crippen molar-refractivity contribution in [3.8, 4) is 0 Å². The summed E-state index contributed by atoms with van der Waals surface area (Å²) in [6.45, 7) is 0. The average Bonchev–Trinajstić information content (AvgIpc) is 2.18. The van der Waals surface area contributed by atoms with Crippen molar-refractivity contribution in [1.29, 1.82) is 0 Å². The molecule has 0 aromatic rings. The Balaban J connectivity index is 2.27. The normalized spacial score (nSPS) is 30.5. The maximum absolute atomic E-state index is 11.3. The SMILES string of the molecule is COC1=CC2C=CNC(=O)C2C=C1. The van der Waals surface area contributed by atoms with Gasteiger partial charge < -0.3 is 10.1 Å². The van der Waals surface area contributed by atoms with Gasteiger partial charge in [-0.05, 0) is 12.2 Å². The molecule has 1 amide bonds. The Morgan fingerprint density at radius 3 is 3.08 bits per heavy atom. The molecular formula is C10H11NO2. The first-order chi connectivity index (χ1) is 6.31. The number of rotatable bonds is 1. The Bertz CT molecular complexity index is 315. The summed E-state index contributed by atoms with van der Waals surface area (Å²) >= 11 is 0. The lowest BCUT2D eigenvalue weighted by molar-refractivity contribution is -0.123. The quantitative estimate of drug-likeness (QED) is 0.648. The van der Waals surface area contributed by atoms with Crippen LogP contribution in [0.4, 0.5) is 0 Å². The zero-order valence-electron chi connectivity index (χ0n) is 7.36. The van der Waals surface area contributed by atoms with Crippen molar-refractivity contribution < 1.29 is 9.53 Å². The molecule has 0 saturated carbocycles. The molecule has 0 saturated heterocycles. The summed E-state index contributed by atoms with van der Waals surface area (Å²) in [4.78, 5) is 11.3. The highest BCUT2D eigenvalue weighted by Crippen LogP contribution is 2.26. The molecule has 3 heteroatoms. The van der Waals surface area contributed by atoms with Crippen LogP contribution >= 0.6 is 0 Å². The van der Waals surface area contributed by atoms with E-state index in [1.165, 1.54) is 0 Å². The van der Waals surface area contributed by atoms with Gasteiger partial charge in [-0.3, -0.25) is 4.79 Å². The van der Waals surface area contributed by atoms with Gasteiger partial charge in [0.25, 0.3) is 0 Å². The van der Waals surface area contributed by atoms with Gasteiger partial charge in [0.2, 0.25) is 5.91 Å². The van der Waals surface area contributed by atoms with Crippen LogP contribution in [-0.4, -0.2) is 13.0 Å². The number of hydrogen-bond acceptors (Lipinski definition) is 2. The maximum atomic E-state index is 11.3. The highest BCUT2D eigenvalue weighted by molar-refractivity contribution is 5.83. The number of fused-ring (bicyclic) bond motifs is 1. The Morgan fingerprint density at radius 2 is 2.31 bits per heavy atom. The van der Waals surface area contributed by atoms with Gasteiger partial charge >= 0.3 is 0 Å². The topological polar surface area (TPSA) is 38.3 Å². The van der Waals surface area contributed by atoms with Crippen molar-refractivity contribution in [2.75, 3.05) is 7.11 Å². The van der Waals surface area contributed by atoms with Gasteiger partial charge in [0.05, 0.1) is 13.0 Å². The van der Waals surface area contributed by atoms with E-state index in [-0.39, 0.29) is 17.7 Å². The molecule has 3 nitrogen and oxygen atoms in total. The van der Waals surface area contributed by atoms with E-state index in [2.05, 4.69) is 5.32 Å². The Labute approximate surface area is 76.8 Å². The maximum Gasteiger partial charge on any atom is 0.231 e. The third kappa shape index (κ3) is 1.37. The van der Waals surface area contributed by atoms with Crippen molar-refractivity contribution in [2.24, 2.45) is 11.8 Å². The molecule has 0 spiro atoms. The molecular weight excluding hydrogens is 166 g/mol. The summed E-state index contributed by atoms with van der Waals surface area (Å²) in [5.41, 5.74) is 0. The van der Waals surface area contributed by atoms with Gasteiger partial charge in [0.15, 0.2) is 0 Å². The Hall–Kier alpha value is -1.51. The smallest absolute Gasteiger partial charge is 0.231 e. The second-order valence-corrected chi connectivity index (χ2v) is 3.10. The summed E-state index contributed by atoms with van der Waals surface area (Å²) in [5, 5.41) is 2.67. The van der Waals surface area contributed by atoms with Crippen molar-refractivity contribution >= 4 is 5.91 Å². The van der Waals surface area contributed by atoms with E-state index in [4.69, 9.17) is 4.74 Å². The van der Waals surface area contributed by atoms with E-state index in [0.29, 0.717) is 0 Å². The standard InChI is InChI=1S/C10H11NO2/c1-13-8-2-3-9-7(6-8)4-5-11-10(9)12/h2-7,9H,1H3,(H,11,12). The number of ether oxygens (including phenoxy) is 1. The lowest BCUT2D eigenvalue weighted by Gasteiger charge is -2.24. The van der Waals surface area contributed by atoms with E-state index in [9.17, 15) is 4.79 Å². The van der Waals surface area contributed by atoms with Gasteiger partial charge in [-0.15, -0.1) is 0 Å². The summed E-state index contributed by atoms with van der Waals surface area (Å²) < 4.78 is 5.08. The molecule has 0 fully saturated rings.